The average Bonchev–Trinajstić information content (AvgIpc) is 2.99. The van der Waals surface area contributed by atoms with E-state index in [1.54, 1.807) is 18.3 Å². The van der Waals surface area contributed by atoms with Crippen LogP contribution in [0.2, 0.25) is 0 Å². The molecule has 0 spiro atoms. The molecule has 0 unspecified atom stereocenters. The summed E-state index contributed by atoms with van der Waals surface area (Å²) >= 11 is 0.931. The monoisotopic (exact) mass is 388 g/mol. The summed E-state index contributed by atoms with van der Waals surface area (Å²) in [6.07, 6.45) is 2.03. The predicted molar refractivity (Wildman–Crippen MR) is 97.0 cm³/mol. The van der Waals surface area contributed by atoms with Crippen LogP contribution in [0.25, 0.3) is 11.0 Å². The Kier molecular flexibility index (Phi) is 5.65. The number of carbonyl (C=O) groups excluding carboxylic acids is 4. The van der Waals surface area contributed by atoms with E-state index in [1.165, 1.54) is 19.2 Å². The fraction of sp³-hybridized carbons (Fsp3) is 0.294. The van der Waals surface area contributed by atoms with E-state index in [0.29, 0.717) is 11.0 Å². The summed E-state index contributed by atoms with van der Waals surface area (Å²) in [5, 5.41) is 2.22. The van der Waals surface area contributed by atoms with Crippen LogP contribution in [0.4, 0.5) is 4.79 Å². The fourth-order valence-electron chi connectivity index (χ4n) is 2.40. The highest BCUT2D eigenvalue weighted by Crippen LogP contribution is 2.17. The molecule has 9 nitrogen and oxygen atoms in total. The minimum absolute atomic E-state index is 0.0837. The minimum atomic E-state index is -1.03. The molecule has 2 aromatic rings. The van der Waals surface area contributed by atoms with E-state index in [9.17, 15) is 19.2 Å². The lowest BCUT2D eigenvalue weighted by Crippen LogP contribution is -2.41. The van der Waals surface area contributed by atoms with Crippen LogP contribution in [0.15, 0.2) is 30.6 Å². The lowest BCUT2D eigenvalue weighted by atomic mass is 10.2. The molecule has 0 aliphatic carbocycles. The molecule has 1 aromatic carbocycles. The van der Waals surface area contributed by atoms with Crippen molar-refractivity contribution in [3.05, 3.63) is 36.2 Å². The van der Waals surface area contributed by atoms with Gasteiger partial charge in [0.05, 0.1) is 22.3 Å². The molecule has 0 radical (unpaired) electrons. The summed E-state index contributed by atoms with van der Waals surface area (Å²) in [5.74, 6) is -1.34. The van der Waals surface area contributed by atoms with Gasteiger partial charge in [-0.2, -0.15) is 0 Å². The van der Waals surface area contributed by atoms with Crippen molar-refractivity contribution in [2.75, 3.05) is 18.8 Å². The highest BCUT2D eigenvalue weighted by Gasteiger charge is 2.29. The maximum absolute atomic E-state index is 12.2. The van der Waals surface area contributed by atoms with Gasteiger partial charge in [-0.1, -0.05) is 11.8 Å². The van der Waals surface area contributed by atoms with E-state index in [2.05, 4.69) is 15.3 Å². The summed E-state index contributed by atoms with van der Waals surface area (Å²) < 4.78 is 5.16. The molecule has 1 aliphatic heterocycles. The van der Waals surface area contributed by atoms with E-state index >= 15 is 0 Å². The third-order valence-electron chi connectivity index (χ3n) is 3.83. The molecule has 1 N–H and O–H groups in total. The Hall–Kier alpha value is -3.01. The first-order valence-electron chi connectivity index (χ1n) is 8.12. The molecule has 1 aromatic heterocycles. The number of thioether (sulfide) groups is 1. The second-order valence-electron chi connectivity index (χ2n) is 5.70. The summed E-state index contributed by atoms with van der Waals surface area (Å²) in [5.41, 5.74) is 1.44. The SMILES string of the molecule is C[C@@H](OC(=O)c1ccc2nccnc2c1)C(=O)NCCN1C(=O)CSC1=O. The standard InChI is InChI=1S/C17H16N4O5S/c1-10(15(23)20-6-7-21-14(22)9-27-17(21)25)26-16(24)11-2-3-12-13(8-11)19-5-4-18-12/h2-5,8,10H,6-7,9H2,1H3,(H,20,23)/t10-/m1/s1. The van der Waals surface area contributed by atoms with Crippen molar-refractivity contribution >= 4 is 45.8 Å². The Balaban J connectivity index is 1.51. The number of esters is 1. The zero-order valence-corrected chi connectivity index (χ0v) is 15.2. The quantitative estimate of drug-likeness (QED) is 0.728. The number of nitrogens with one attached hydrogen (secondary N) is 1. The van der Waals surface area contributed by atoms with Gasteiger partial charge in [-0.05, 0) is 25.1 Å². The Morgan fingerprint density at radius 2 is 2.00 bits per heavy atom. The molecule has 1 atom stereocenters. The van der Waals surface area contributed by atoms with Crippen LogP contribution in [0.5, 0.6) is 0 Å². The van der Waals surface area contributed by atoms with Gasteiger partial charge in [0.2, 0.25) is 5.91 Å². The number of carbonyl (C=O) groups is 4. The second kappa shape index (κ2) is 8.12. The Morgan fingerprint density at radius 1 is 1.26 bits per heavy atom. The van der Waals surface area contributed by atoms with E-state index in [-0.39, 0.29) is 35.6 Å². The third kappa shape index (κ3) is 4.40. The van der Waals surface area contributed by atoms with E-state index in [1.807, 2.05) is 0 Å². The van der Waals surface area contributed by atoms with E-state index in [4.69, 9.17) is 4.74 Å². The molecule has 2 heterocycles. The van der Waals surface area contributed by atoms with Crippen LogP contribution in [0.1, 0.15) is 17.3 Å². The minimum Gasteiger partial charge on any atom is -0.449 e. The van der Waals surface area contributed by atoms with Gasteiger partial charge >= 0.3 is 5.97 Å². The van der Waals surface area contributed by atoms with Gasteiger partial charge < -0.3 is 10.1 Å². The average molecular weight is 388 g/mol. The summed E-state index contributed by atoms with van der Waals surface area (Å²) in [6, 6.07) is 4.73. The number of benzene rings is 1. The maximum atomic E-state index is 12.2. The summed E-state index contributed by atoms with van der Waals surface area (Å²) in [7, 11) is 0. The fourth-order valence-corrected chi connectivity index (χ4v) is 3.16. The van der Waals surface area contributed by atoms with Crippen molar-refractivity contribution in [3.8, 4) is 0 Å². The van der Waals surface area contributed by atoms with Gasteiger partial charge in [0.25, 0.3) is 11.1 Å². The van der Waals surface area contributed by atoms with Crippen LogP contribution in [-0.2, 0) is 14.3 Å². The lowest BCUT2D eigenvalue weighted by Gasteiger charge is -2.16. The molecular formula is C17H16N4O5S. The number of amides is 3. The summed E-state index contributed by atoms with van der Waals surface area (Å²) in [4.78, 5) is 56.5. The number of aromatic nitrogens is 2. The Labute approximate surface area is 158 Å². The van der Waals surface area contributed by atoms with Crippen LogP contribution < -0.4 is 5.32 Å². The molecule has 0 bridgehead atoms. The second-order valence-corrected chi connectivity index (χ2v) is 6.62. The smallest absolute Gasteiger partial charge is 0.338 e. The molecular weight excluding hydrogens is 372 g/mol. The van der Waals surface area contributed by atoms with Crippen molar-refractivity contribution in [3.63, 3.8) is 0 Å². The Morgan fingerprint density at radius 3 is 2.70 bits per heavy atom. The van der Waals surface area contributed by atoms with Gasteiger partial charge in [0.15, 0.2) is 6.10 Å². The zero-order chi connectivity index (χ0) is 19.4. The Bertz CT molecular complexity index is 903. The lowest BCUT2D eigenvalue weighted by molar-refractivity contribution is -0.130. The number of fused-ring (bicyclic) bond motifs is 1. The van der Waals surface area contributed by atoms with Crippen molar-refractivity contribution in [1.29, 1.82) is 0 Å². The first-order chi connectivity index (χ1) is 13.0. The van der Waals surface area contributed by atoms with Crippen molar-refractivity contribution in [2.24, 2.45) is 0 Å². The van der Waals surface area contributed by atoms with E-state index in [0.717, 1.165) is 16.7 Å². The zero-order valence-electron chi connectivity index (χ0n) is 14.4. The molecule has 10 heteroatoms. The first kappa shape index (κ1) is 18.8. The number of rotatable bonds is 6. The topological polar surface area (TPSA) is 119 Å². The molecule has 27 heavy (non-hydrogen) atoms. The number of imide groups is 1. The molecule has 3 rings (SSSR count). The van der Waals surface area contributed by atoms with Gasteiger partial charge in [0, 0.05) is 25.5 Å². The molecule has 1 aliphatic rings. The molecule has 140 valence electrons. The van der Waals surface area contributed by atoms with Crippen LogP contribution >= 0.6 is 11.8 Å². The van der Waals surface area contributed by atoms with Gasteiger partial charge in [-0.15, -0.1) is 0 Å². The molecule has 3 amide bonds. The number of hydrogen-bond acceptors (Lipinski definition) is 8. The highest BCUT2D eigenvalue weighted by molar-refractivity contribution is 8.14. The number of ether oxygens (including phenoxy) is 1. The highest BCUT2D eigenvalue weighted by atomic mass is 32.2. The predicted octanol–water partition coefficient (Wildman–Crippen LogP) is 0.987. The molecule has 1 fully saturated rings. The van der Waals surface area contributed by atoms with Crippen LogP contribution in [0, 0.1) is 0 Å². The van der Waals surface area contributed by atoms with Crippen molar-refractivity contribution < 1.29 is 23.9 Å². The molecule has 0 saturated carbocycles. The first-order valence-corrected chi connectivity index (χ1v) is 9.11. The third-order valence-corrected chi connectivity index (χ3v) is 4.69. The number of hydrogen-bond donors (Lipinski definition) is 1. The summed E-state index contributed by atoms with van der Waals surface area (Å²) in [6.45, 7) is 1.61. The number of nitrogens with zero attached hydrogens (tertiary/aromatic N) is 3. The van der Waals surface area contributed by atoms with Gasteiger partial charge in [-0.25, -0.2) is 4.79 Å². The van der Waals surface area contributed by atoms with Gasteiger partial charge in [0.1, 0.15) is 0 Å². The van der Waals surface area contributed by atoms with Crippen molar-refractivity contribution in [2.45, 2.75) is 13.0 Å². The van der Waals surface area contributed by atoms with Crippen LogP contribution in [-0.4, -0.2) is 62.8 Å². The van der Waals surface area contributed by atoms with Crippen molar-refractivity contribution in [1.82, 2.24) is 20.2 Å². The normalized spacial score (nSPS) is 15.1. The van der Waals surface area contributed by atoms with Crippen LogP contribution in [0.3, 0.4) is 0 Å². The maximum Gasteiger partial charge on any atom is 0.338 e. The molecule has 1 saturated heterocycles. The van der Waals surface area contributed by atoms with E-state index < -0.39 is 18.0 Å². The van der Waals surface area contributed by atoms with Gasteiger partial charge in [-0.3, -0.25) is 29.3 Å². The largest absolute Gasteiger partial charge is 0.449 e.